The maximum absolute atomic E-state index is 5.48. The number of aromatic nitrogens is 4. The first-order valence-corrected chi connectivity index (χ1v) is 9.63. The number of hydrogen-bond donors (Lipinski definition) is 0. The van der Waals surface area contributed by atoms with Crippen molar-refractivity contribution in [3.05, 3.63) is 35.0 Å². The molecule has 3 aromatic heterocycles. The summed E-state index contributed by atoms with van der Waals surface area (Å²) >= 11 is 1.81. The number of aryl methyl sites for hydroxylation is 1. The Balaban J connectivity index is 1.56. The van der Waals surface area contributed by atoms with E-state index in [-0.39, 0.29) is 6.79 Å². The van der Waals surface area contributed by atoms with E-state index in [4.69, 9.17) is 14.5 Å². The fourth-order valence-electron chi connectivity index (χ4n) is 3.90. The fraction of sp³-hybridized carbons (Fsp3) is 0.316. The first-order valence-electron chi connectivity index (χ1n) is 8.82. The molecule has 0 N–H and O–H groups in total. The lowest BCUT2D eigenvalue weighted by atomic mass is 9.89. The number of rotatable bonds is 1. The Morgan fingerprint density at radius 1 is 1.23 bits per heavy atom. The Morgan fingerprint density at radius 3 is 3.12 bits per heavy atom. The molecular weight excluding hydrogens is 348 g/mol. The van der Waals surface area contributed by atoms with Gasteiger partial charge in [0.25, 0.3) is 0 Å². The van der Waals surface area contributed by atoms with Crippen molar-refractivity contribution >= 4 is 27.2 Å². The molecule has 1 atom stereocenters. The molecule has 0 saturated heterocycles. The van der Waals surface area contributed by atoms with E-state index in [2.05, 4.69) is 17.0 Å². The van der Waals surface area contributed by atoms with Gasteiger partial charge in [-0.1, -0.05) is 6.92 Å². The molecule has 0 spiro atoms. The van der Waals surface area contributed by atoms with Crippen molar-refractivity contribution in [3.63, 3.8) is 0 Å². The maximum Gasteiger partial charge on any atom is 0.231 e. The molecule has 4 heterocycles. The summed E-state index contributed by atoms with van der Waals surface area (Å²) in [5, 5.41) is 5.84. The molecule has 6 rings (SSSR count). The third kappa shape index (κ3) is 2.00. The standard InChI is InChI=1S/C19H16N4O2S/c1-10-2-5-15-12(6-10)16-18-21-17(22-23(18)8-20-19(16)26-15)11-3-4-13-14(7-11)25-9-24-13/h3-4,7-8,10H,2,5-6,9H2,1H3. The lowest BCUT2D eigenvalue weighted by molar-refractivity contribution is 0.174. The van der Waals surface area contributed by atoms with Crippen LogP contribution in [-0.2, 0) is 12.8 Å². The van der Waals surface area contributed by atoms with Gasteiger partial charge in [0.15, 0.2) is 23.0 Å². The smallest absolute Gasteiger partial charge is 0.231 e. The predicted octanol–water partition coefficient (Wildman–Crippen LogP) is 3.86. The molecule has 0 saturated carbocycles. The summed E-state index contributed by atoms with van der Waals surface area (Å²) in [6, 6.07) is 5.82. The Morgan fingerprint density at radius 2 is 2.15 bits per heavy atom. The zero-order valence-electron chi connectivity index (χ0n) is 14.2. The second-order valence-electron chi connectivity index (χ2n) is 7.05. The van der Waals surface area contributed by atoms with Gasteiger partial charge in [-0.15, -0.1) is 16.4 Å². The van der Waals surface area contributed by atoms with Crippen LogP contribution in [0.3, 0.4) is 0 Å². The largest absolute Gasteiger partial charge is 0.454 e. The minimum atomic E-state index is 0.265. The van der Waals surface area contributed by atoms with Crippen LogP contribution in [0.2, 0.25) is 0 Å². The molecule has 4 aromatic rings. The van der Waals surface area contributed by atoms with Crippen molar-refractivity contribution in [1.29, 1.82) is 0 Å². The average Bonchev–Trinajstić information content (AvgIpc) is 3.35. The van der Waals surface area contributed by atoms with Crippen molar-refractivity contribution in [2.45, 2.75) is 26.2 Å². The monoisotopic (exact) mass is 364 g/mol. The first-order chi connectivity index (χ1) is 12.8. The van der Waals surface area contributed by atoms with Crippen LogP contribution in [0.25, 0.3) is 27.3 Å². The Hall–Kier alpha value is -2.67. The summed E-state index contributed by atoms with van der Waals surface area (Å²) in [5.74, 6) is 2.90. The van der Waals surface area contributed by atoms with Gasteiger partial charge in [0, 0.05) is 10.4 Å². The Bertz CT molecular complexity index is 1180. The molecule has 130 valence electrons. The molecular formula is C19H16N4O2S. The molecule has 1 aliphatic carbocycles. The van der Waals surface area contributed by atoms with Gasteiger partial charge in [-0.2, -0.15) is 0 Å². The van der Waals surface area contributed by atoms with E-state index in [1.54, 1.807) is 10.8 Å². The molecule has 0 fully saturated rings. The number of ether oxygens (including phenoxy) is 2. The maximum atomic E-state index is 5.48. The Labute approximate surface area is 153 Å². The highest BCUT2D eigenvalue weighted by Crippen LogP contribution is 2.39. The number of benzene rings is 1. The van der Waals surface area contributed by atoms with Crippen molar-refractivity contribution in [3.8, 4) is 22.9 Å². The van der Waals surface area contributed by atoms with Gasteiger partial charge in [0.2, 0.25) is 6.79 Å². The molecule has 26 heavy (non-hydrogen) atoms. The molecule has 6 nitrogen and oxygen atoms in total. The van der Waals surface area contributed by atoms with Crippen LogP contribution >= 0.6 is 11.3 Å². The molecule has 0 bridgehead atoms. The van der Waals surface area contributed by atoms with Crippen LogP contribution in [0.5, 0.6) is 11.5 Å². The normalized spacial score (nSPS) is 18.6. The highest BCUT2D eigenvalue weighted by molar-refractivity contribution is 7.19. The third-order valence-electron chi connectivity index (χ3n) is 5.26. The van der Waals surface area contributed by atoms with E-state index in [1.807, 2.05) is 29.5 Å². The van der Waals surface area contributed by atoms with Crippen LogP contribution < -0.4 is 9.47 Å². The number of nitrogens with zero attached hydrogens (tertiary/aromatic N) is 4. The lowest BCUT2D eigenvalue weighted by Crippen LogP contribution is -2.09. The van der Waals surface area contributed by atoms with E-state index in [0.29, 0.717) is 11.7 Å². The van der Waals surface area contributed by atoms with Crippen LogP contribution in [0.1, 0.15) is 23.8 Å². The quantitative estimate of drug-likeness (QED) is 0.513. The number of hydrogen-bond acceptors (Lipinski definition) is 6. The zero-order valence-corrected chi connectivity index (χ0v) is 15.0. The van der Waals surface area contributed by atoms with Gasteiger partial charge in [-0.25, -0.2) is 14.5 Å². The molecule has 2 aliphatic rings. The molecule has 0 radical (unpaired) electrons. The van der Waals surface area contributed by atoms with Crippen LogP contribution in [-0.4, -0.2) is 26.4 Å². The molecule has 1 aliphatic heterocycles. The lowest BCUT2D eigenvalue weighted by Gasteiger charge is -2.17. The van der Waals surface area contributed by atoms with Crippen LogP contribution in [0.4, 0.5) is 0 Å². The SMILES string of the molecule is CC1CCc2sc3ncn4nc(-c5ccc6c(c5)OCO6)nc4c3c2C1. The second kappa shape index (κ2) is 5.17. The second-order valence-corrected chi connectivity index (χ2v) is 8.13. The van der Waals surface area contributed by atoms with Gasteiger partial charge in [-0.05, 0) is 48.9 Å². The summed E-state index contributed by atoms with van der Waals surface area (Å²) in [7, 11) is 0. The van der Waals surface area contributed by atoms with Gasteiger partial charge < -0.3 is 9.47 Å². The van der Waals surface area contributed by atoms with Crippen molar-refractivity contribution < 1.29 is 9.47 Å². The zero-order chi connectivity index (χ0) is 17.3. The predicted molar refractivity (Wildman–Crippen MR) is 98.9 cm³/mol. The minimum absolute atomic E-state index is 0.265. The minimum Gasteiger partial charge on any atom is -0.454 e. The van der Waals surface area contributed by atoms with E-state index in [0.717, 1.165) is 40.4 Å². The summed E-state index contributed by atoms with van der Waals surface area (Å²) in [6.45, 7) is 2.59. The molecule has 1 unspecified atom stereocenters. The van der Waals surface area contributed by atoms with Crippen LogP contribution in [0, 0.1) is 5.92 Å². The summed E-state index contributed by atoms with van der Waals surface area (Å²) in [5.41, 5.74) is 3.24. The van der Waals surface area contributed by atoms with E-state index < -0.39 is 0 Å². The number of fused-ring (bicyclic) bond motifs is 6. The van der Waals surface area contributed by atoms with Gasteiger partial charge in [0.1, 0.15) is 11.2 Å². The van der Waals surface area contributed by atoms with E-state index in [1.165, 1.54) is 22.2 Å². The highest BCUT2D eigenvalue weighted by atomic mass is 32.1. The van der Waals surface area contributed by atoms with Crippen LogP contribution in [0.15, 0.2) is 24.5 Å². The summed E-state index contributed by atoms with van der Waals surface area (Å²) < 4.78 is 12.7. The van der Waals surface area contributed by atoms with Gasteiger partial charge >= 0.3 is 0 Å². The number of thiophene rings is 1. The summed E-state index contributed by atoms with van der Waals surface area (Å²) in [4.78, 5) is 12.0. The fourth-order valence-corrected chi connectivity index (χ4v) is 5.08. The third-order valence-corrected chi connectivity index (χ3v) is 6.46. The highest BCUT2D eigenvalue weighted by Gasteiger charge is 2.24. The summed E-state index contributed by atoms with van der Waals surface area (Å²) in [6.07, 6.45) is 5.27. The van der Waals surface area contributed by atoms with Gasteiger partial charge in [-0.3, -0.25) is 0 Å². The average molecular weight is 364 g/mol. The van der Waals surface area contributed by atoms with Crippen molar-refractivity contribution in [2.75, 3.05) is 6.79 Å². The Kier molecular flexibility index (Phi) is 2.88. The van der Waals surface area contributed by atoms with E-state index in [9.17, 15) is 0 Å². The first kappa shape index (κ1) is 14.5. The van der Waals surface area contributed by atoms with Crippen molar-refractivity contribution in [2.24, 2.45) is 5.92 Å². The topological polar surface area (TPSA) is 61.5 Å². The van der Waals surface area contributed by atoms with Gasteiger partial charge in [0.05, 0.1) is 5.39 Å². The molecule has 1 aromatic carbocycles. The molecule has 7 heteroatoms. The molecule has 0 amide bonds. The van der Waals surface area contributed by atoms with Crippen molar-refractivity contribution in [1.82, 2.24) is 19.6 Å². The van der Waals surface area contributed by atoms with E-state index >= 15 is 0 Å².